The van der Waals surface area contributed by atoms with Gasteiger partial charge in [0.15, 0.2) is 0 Å². The molecule has 1 aromatic heterocycles. The van der Waals surface area contributed by atoms with Crippen LogP contribution in [0.5, 0.6) is 0 Å². The van der Waals surface area contributed by atoms with Gasteiger partial charge in [0.2, 0.25) is 0 Å². The Balaban J connectivity index is 1.53. The Morgan fingerprint density at radius 1 is 1.20 bits per heavy atom. The Morgan fingerprint density at radius 2 is 1.96 bits per heavy atom. The number of nitrogens with one attached hydrogen (secondary N) is 1. The predicted octanol–water partition coefficient (Wildman–Crippen LogP) is 3.79. The maximum absolute atomic E-state index is 12.7. The van der Waals surface area contributed by atoms with Crippen LogP contribution in [0.1, 0.15) is 35.7 Å². The van der Waals surface area contributed by atoms with E-state index in [9.17, 15) is 18.0 Å². The third kappa shape index (κ3) is 2.81. The van der Waals surface area contributed by atoms with Gasteiger partial charge in [0.05, 0.1) is 17.3 Å². The van der Waals surface area contributed by atoms with Crippen molar-refractivity contribution in [3.8, 4) is 0 Å². The lowest BCUT2D eigenvalue weighted by Gasteiger charge is -2.35. The standard InChI is InChI=1S/C17H15F3N4O/c18-17(19,20)10-1-3-11(4-2-10)23-16(25)24-12-5-6-15(24)13-8-21-9-22-14(13)7-12/h1-4,8-9,12,15H,5-7H2,(H,23,25). The molecule has 0 aliphatic carbocycles. The van der Waals surface area contributed by atoms with E-state index in [1.807, 2.05) is 0 Å². The number of carbonyl (C=O) groups excluding carboxylic acids is 1. The first-order valence-corrected chi connectivity index (χ1v) is 7.99. The minimum absolute atomic E-state index is 0.0573. The van der Waals surface area contributed by atoms with E-state index in [0.29, 0.717) is 12.1 Å². The number of alkyl halides is 3. The topological polar surface area (TPSA) is 58.1 Å². The van der Waals surface area contributed by atoms with Crippen molar-refractivity contribution in [3.63, 3.8) is 0 Å². The van der Waals surface area contributed by atoms with Crippen LogP contribution in [0.15, 0.2) is 36.8 Å². The number of hydrogen-bond donors (Lipinski definition) is 1. The Bertz CT molecular complexity index is 806. The molecule has 2 unspecified atom stereocenters. The minimum Gasteiger partial charge on any atom is -0.314 e. The number of carbonyl (C=O) groups is 1. The monoisotopic (exact) mass is 348 g/mol. The molecule has 2 aliphatic rings. The quantitative estimate of drug-likeness (QED) is 0.853. The first-order valence-electron chi connectivity index (χ1n) is 7.99. The van der Waals surface area contributed by atoms with Gasteiger partial charge in [-0.1, -0.05) is 0 Å². The highest BCUT2D eigenvalue weighted by atomic mass is 19.4. The molecule has 8 heteroatoms. The third-order valence-corrected chi connectivity index (χ3v) is 4.82. The summed E-state index contributed by atoms with van der Waals surface area (Å²) in [5, 5.41) is 2.70. The smallest absolute Gasteiger partial charge is 0.314 e. The van der Waals surface area contributed by atoms with Crippen molar-refractivity contribution in [1.29, 1.82) is 0 Å². The lowest BCUT2D eigenvalue weighted by Crippen LogP contribution is -2.44. The average molecular weight is 348 g/mol. The molecule has 4 rings (SSSR count). The average Bonchev–Trinajstić information content (AvgIpc) is 2.90. The van der Waals surface area contributed by atoms with Gasteiger partial charge in [0.1, 0.15) is 6.33 Å². The number of rotatable bonds is 1. The summed E-state index contributed by atoms with van der Waals surface area (Å²) in [6.45, 7) is 0. The molecule has 1 fully saturated rings. The first-order chi connectivity index (χ1) is 11.9. The molecule has 1 saturated heterocycles. The molecular formula is C17H15F3N4O. The molecule has 2 bridgehead atoms. The molecule has 130 valence electrons. The van der Waals surface area contributed by atoms with E-state index in [1.54, 1.807) is 11.1 Å². The van der Waals surface area contributed by atoms with Gasteiger partial charge in [-0.15, -0.1) is 0 Å². The second kappa shape index (κ2) is 5.72. The van der Waals surface area contributed by atoms with Crippen LogP contribution < -0.4 is 5.32 Å². The van der Waals surface area contributed by atoms with E-state index < -0.39 is 11.7 Å². The maximum Gasteiger partial charge on any atom is 0.416 e. The van der Waals surface area contributed by atoms with Gasteiger partial charge in [0.25, 0.3) is 0 Å². The largest absolute Gasteiger partial charge is 0.416 e. The zero-order chi connectivity index (χ0) is 17.6. The Hall–Kier alpha value is -2.64. The first kappa shape index (κ1) is 15.9. The summed E-state index contributed by atoms with van der Waals surface area (Å²) < 4.78 is 37.9. The van der Waals surface area contributed by atoms with E-state index in [-0.39, 0.29) is 18.1 Å². The number of hydrogen-bond acceptors (Lipinski definition) is 3. The van der Waals surface area contributed by atoms with Crippen molar-refractivity contribution in [3.05, 3.63) is 53.6 Å². The number of halogens is 3. The van der Waals surface area contributed by atoms with Gasteiger partial charge in [-0.2, -0.15) is 13.2 Å². The molecule has 1 N–H and O–H groups in total. The van der Waals surface area contributed by atoms with Crippen LogP contribution in [0.3, 0.4) is 0 Å². The number of anilines is 1. The summed E-state index contributed by atoms with van der Waals surface area (Å²) in [6, 6.07) is 4.13. The highest BCUT2D eigenvalue weighted by Gasteiger charge is 2.43. The predicted molar refractivity (Wildman–Crippen MR) is 83.8 cm³/mol. The van der Waals surface area contributed by atoms with Crippen LogP contribution in [0.25, 0.3) is 0 Å². The zero-order valence-electron chi connectivity index (χ0n) is 13.1. The summed E-state index contributed by atoms with van der Waals surface area (Å²) in [4.78, 5) is 22.8. The number of fused-ring (bicyclic) bond motifs is 4. The zero-order valence-corrected chi connectivity index (χ0v) is 13.1. The Labute approximate surface area is 141 Å². The fraction of sp³-hybridized carbons (Fsp3) is 0.353. The van der Waals surface area contributed by atoms with Crippen molar-refractivity contribution >= 4 is 11.7 Å². The Morgan fingerprint density at radius 3 is 2.68 bits per heavy atom. The van der Waals surface area contributed by atoms with Gasteiger partial charge >= 0.3 is 12.2 Å². The van der Waals surface area contributed by atoms with Crippen LogP contribution in [-0.2, 0) is 12.6 Å². The molecule has 1 aromatic carbocycles. The van der Waals surface area contributed by atoms with Crippen molar-refractivity contribution in [2.75, 3.05) is 5.32 Å². The molecule has 25 heavy (non-hydrogen) atoms. The van der Waals surface area contributed by atoms with Crippen molar-refractivity contribution in [2.45, 2.75) is 37.5 Å². The molecule has 2 aliphatic heterocycles. The van der Waals surface area contributed by atoms with Crippen LogP contribution >= 0.6 is 0 Å². The van der Waals surface area contributed by atoms with E-state index in [2.05, 4.69) is 15.3 Å². The van der Waals surface area contributed by atoms with Gasteiger partial charge < -0.3 is 10.2 Å². The summed E-state index contributed by atoms with van der Waals surface area (Å²) in [6.07, 6.45) is 1.25. The fourth-order valence-corrected chi connectivity index (χ4v) is 3.66. The van der Waals surface area contributed by atoms with Crippen LogP contribution in [0.2, 0.25) is 0 Å². The van der Waals surface area contributed by atoms with Gasteiger partial charge in [0, 0.05) is 29.9 Å². The molecule has 2 atom stereocenters. The molecule has 0 spiro atoms. The molecule has 2 aromatic rings. The summed E-state index contributed by atoms with van der Waals surface area (Å²) in [5.74, 6) is 0. The number of urea groups is 1. The lowest BCUT2D eigenvalue weighted by molar-refractivity contribution is -0.137. The number of aromatic nitrogens is 2. The lowest BCUT2D eigenvalue weighted by atomic mass is 10.00. The summed E-state index contributed by atoms with van der Waals surface area (Å²) >= 11 is 0. The van der Waals surface area contributed by atoms with Gasteiger partial charge in [-0.25, -0.2) is 14.8 Å². The van der Waals surface area contributed by atoms with E-state index in [4.69, 9.17) is 0 Å². The minimum atomic E-state index is -4.39. The van der Waals surface area contributed by atoms with Crippen LogP contribution in [0, 0.1) is 0 Å². The van der Waals surface area contributed by atoms with E-state index in [1.165, 1.54) is 18.5 Å². The van der Waals surface area contributed by atoms with Crippen molar-refractivity contribution in [1.82, 2.24) is 14.9 Å². The highest BCUT2D eigenvalue weighted by molar-refractivity contribution is 5.90. The van der Waals surface area contributed by atoms with Crippen LogP contribution in [0.4, 0.5) is 23.7 Å². The molecule has 0 saturated carbocycles. The van der Waals surface area contributed by atoms with Gasteiger partial charge in [-0.05, 0) is 37.1 Å². The SMILES string of the molecule is O=C(Nc1ccc(C(F)(F)F)cc1)N1C2CCC1c1cncnc1C2. The third-order valence-electron chi connectivity index (χ3n) is 4.82. The molecule has 0 radical (unpaired) electrons. The van der Waals surface area contributed by atoms with Gasteiger partial charge in [-0.3, -0.25) is 0 Å². The van der Waals surface area contributed by atoms with Crippen LogP contribution in [-0.4, -0.2) is 26.9 Å². The number of amides is 2. The highest BCUT2D eigenvalue weighted by Crippen LogP contribution is 2.43. The fourth-order valence-electron chi connectivity index (χ4n) is 3.66. The van der Waals surface area contributed by atoms with E-state index in [0.717, 1.165) is 36.2 Å². The number of nitrogens with zero attached hydrogens (tertiary/aromatic N) is 3. The molecule has 5 nitrogen and oxygen atoms in total. The second-order valence-corrected chi connectivity index (χ2v) is 6.29. The van der Waals surface area contributed by atoms with E-state index >= 15 is 0 Å². The van der Waals surface area contributed by atoms with Crippen molar-refractivity contribution < 1.29 is 18.0 Å². The summed E-state index contributed by atoms with van der Waals surface area (Å²) in [5.41, 5.74) is 1.53. The second-order valence-electron chi connectivity index (χ2n) is 6.29. The summed E-state index contributed by atoms with van der Waals surface area (Å²) in [7, 11) is 0. The number of benzene rings is 1. The molecule has 3 heterocycles. The Kier molecular flexibility index (Phi) is 3.63. The molecule has 2 amide bonds. The maximum atomic E-state index is 12.7. The molecular weight excluding hydrogens is 333 g/mol. The van der Waals surface area contributed by atoms with Crippen molar-refractivity contribution in [2.24, 2.45) is 0 Å². The normalized spacial score (nSPS) is 21.8.